The zero-order valence-corrected chi connectivity index (χ0v) is 18.0. The van der Waals surface area contributed by atoms with E-state index in [4.69, 9.17) is 4.74 Å². The summed E-state index contributed by atoms with van der Waals surface area (Å²) in [7, 11) is 3.91. The van der Waals surface area contributed by atoms with E-state index < -0.39 is 11.1 Å². The van der Waals surface area contributed by atoms with Crippen molar-refractivity contribution in [1.82, 2.24) is 18.5 Å². The summed E-state index contributed by atoms with van der Waals surface area (Å²) in [4.78, 5) is 4.85. The van der Waals surface area contributed by atoms with Gasteiger partial charge in [0.05, 0.1) is 6.61 Å². The van der Waals surface area contributed by atoms with Gasteiger partial charge in [0.25, 0.3) is 0 Å². The van der Waals surface area contributed by atoms with Crippen LogP contribution in [-0.4, -0.2) is 76.5 Å². The smallest absolute Gasteiger partial charge is 0.232 e. The first kappa shape index (κ1) is 22.6. The Labute approximate surface area is 175 Å². The first-order chi connectivity index (χ1) is 13.1. The molecule has 0 spiro atoms. The lowest BCUT2D eigenvalue weighted by Gasteiger charge is -2.32. The number of hydrogen-bond acceptors (Lipinski definition) is 8. The van der Waals surface area contributed by atoms with E-state index in [1.807, 2.05) is 6.07 Å². The van der Waals surface area contributed by atoms with Gasteiger partial charge in [0, 0.05) is 55.1 Å². The molecule has 1 fully saturated rings. The van der Waals surface area contributed by atoms with E-state index in [0.29, 0.717) is 24.8 Å². The lowest BCUT2D eigenvalue weighted by Crippen LogP contribution is -2.43. The number of nitrogens with one attached hydrogen (secondary N) is 2. The van der Waals surface area contributed by atoms with Crippen LogP contribution >= 0.6 is 23.5 Å². The minimum absolute atomic E-state index is 0. The summed E-state index contributed by atoms with van der Waals surface area (Å²) in [5, 5.41) is 6.02. The highest BCUT2D eigenvalue weighted by Gasteiger charge is 2.14. The number of benzene rings is 1. The molecule has 10 heteroatoms. The van der Waals surface area contributed by atoms with Crippen LogP contribution < -0.4 is 15.4 Å². The fourth-order valence-electron chi connectivity index (χ4n) is 3.01. The van der Waals surface area contributed by atoms with Crippen molar-refractivity contribution in [2.75, 3.05) is 64.1 Å². The number of aromatic nitrogens is 2. The summed E-state index contributed by atoms with van der Waals surface area (Å²) < 4.78 is 25.0. The Morgan fingerprint density at radius 2 is 1.93 bits per heavy atom. The largest absolute Gasteiger partial charge is 0.546 e. The Morgan fingerprint density at radius 3 is 2.68 bits per heavy atom. The van der Waals surface area contributed by atoms with Crippen LogP contribution in [-0.2, 0) is 6.54 Å². The predicted molar refractivity (Wildman–Crippen MR) is 115 cm³/mol. The van der Waals surface area contributed by atoms with E-state index in [9.17, 15) is 4.55 Å². The van der Waals surface area contributed by atoms with Crippen LogP contribution in [0.3, 0.4) is 0 Å². The van der Waals surface area contributed by atoms with Gasteiger partial charge in [-0.1, -0.05) is 12.1 Å². The number of halogens is 1. The Morgan fingerprint density at radius 1 is 1.18 bits per heavy atom. The maximum Gasteiger partial charge on any atom is 0.232 e. The van der Waals surface area contributed by atoms with Gasteiger partial charge in [-0.05, 0) is 31.2 Å². The second kappa shape index (κ2) is 11.4. The molecule has 28 heavy (non-hydrogen) atoms. The summed E-state index contributed by atoms with van der Waals surface area (Å²) in [5.41, 5.74) is 1.29. The van der Waals surface area contributed by atoms with Gasteiger partial charge in [0.15, 0.2) is 11.1 Å². The van der Waals surface area contributed by atoms with Crippen molar-refractivity contribution in [3.05, 3.63) is 29.8 Å². The van der Waals surface area contributed by atoms with E-state index in [0.717, 1.165) is 44.9 Å². The van der Waals surface area contributed by atoms with Gasteiger partial charge in [-0.3, -0.25) is 4.90 Å². The fraction of sp³-hybridized carbons (Fsp3) is 0.556. The van der Waals surface area contributed by atoms with Crippen LogP contribution in [0.25, 0.3) is 0 Å². The molecule has 0 bridgehead atoms. The van der Waals surface area contributed by atoms with Gasteiger partial charge in [-0.15, -0.1) is 12.4 Å². The third kappa shape index (κ3) is 6.75. The van der Waals surface area contributed by atoms with Crippen LogP contribution in [0.1, 0.15) is 12.0 Å². The molecule has 2 heterocycles. The first-order valence-electron chi connectivity index (χ1n) is 9.28. The normalized spacial score (nSPS) is 15.8. The van der Waals surface area contributed by atoms with E-state index in [1.54, 1.807) is 7.05 Å². The van der Waals surface area contributed by atoms with Crippen LogP contribution in [0.5, 0.6) is 5.75 Å². The van der Waals surface area contributed by atoms with E-state index in [-0.39, 0.29) is 12.4 Å². The highest BCUT2D eigenvalue weighted by molar-refractivity contribution is 7.14. The molecule has 1 atom stereocenters. The first-order valence-corrected chi connectivity index (χ1v) is 10.3. The van der Waals surface area contributed by atoms with Gasteiger partial charge in [0.2, 0.25) is 11.6 Å². The molecule has 1 aliphatic rings. The average Bonchev–Trinajstić information content (AvgIpc) is 3.03. The molecule has 3 rings (SSSR count). The van der Waals surface area contributed by atoms with Crippen LogP contribution in [0.4, 0.5) is 11.6 Å². The van der Waals surface area contributed by atoms with E-state index in [1.165, 1.54) is 5.56 Å². The number of likely N-dealkylation sites (N-methyl/N-ethyl adjacent to an activating group) is 1. The Kier molecular flexibility index (Phi) is 9.20. The van der Waals surface area contributed by atoms with Crippen molar-refractivity contribution >= 4 is 35.2 Å². The number of rotatable bonds is 9. The van der Waals surface area contributed by atoms with E-state index in [2.05, 4.69) is 54.4 Å². The molecule has 1 aromatic heterocycles. The zero-order valence-electron chi connectivity index (χ0n) is 16.4. The highest BCUT2D eigenvalue weighted by atomic mass is 35.5. The molecule has 0 aliphatic carbocycles. The maximum absolute atomic E-state index is 11.3. The number of anilines is 2. The number of piperazine rings is 1. The Hall–Kier alpha value is -1.65. The molecule has 8 nitrogen and oxygen atoms in total. The second-order valence-corrected chi connectivity index (χ2v) is 7.54. The van der Waals surface area contributed by atoms with Gasteiger partial charge >= 0.3 is 0 Å². The zero-order chi connectivity index (χ0) is 19.1. The maximum atomic E-state index is 11.3. The lowest BCUT2D eigenvalue weighted by molar-refractivity contribution is 0.148. The molecule has 2 aromatic rings. The third-order valence-corrected chi connectivity index (χ3v) is 5.26. The summed E-state index contributed by atoms with van der Waals surface area (Å²) >= 11 is -1.51. The SMILES string of the molecule is CNc1n[s+]([O-])nc1NCCCOc1cccc(CN2CCN(C)CC2)c1.Cl. The number of ether oxygens (including phenoxy) is 1. The van der Waals surface area contributed by atoms with Crippen LogP contribution in [0.15, 0.2) is 24.3 Å². The molecule has 1 aliphatic heterocycles. The standard InChI is InChI=1S/C18H28N6O2S.ClH/c1-19-17-18(22-27(25)21-17)20-7-4-12-26-16-6-3-5-15(13-16)14-24-10-8-23(2)9-11-24;/h3,5-6,13H,4,7-12,14H2,1-2H3,(H,19,21)(H,20,22);1H. The molecule has 156 valence electrons. The molecular weight excluding hydrogens is 400 g/mol. The minimum Gasteiger partial charge on any atom is -0.546 e. The molecule has 0 saturated carbocycles. The van der Waals surface area contributed by atoms with Gasteiger partial charge in [-0.25, -0.2) is 0 Å². The molecule has 1 aromatic carbocycles. The van der Waals surface area contributed by atoms with Crippen molar-refractivity contribution in [1.29, 1.82) is 0 Å². The minimum atomic E-state index is -1.51. The monoisotopic (exact) mass is 428 g/mol. The molecule has 0 radical (unpaired) electrons. The number of nitrogens with zero attached hydrogens (tertiary/aromatic N) is 4. The van der Waals surface area contributed by atoms with Crippen LogP contribution in [0, 0.1) is 0 Å². The topological polar surface area (TPSA) is 88.6 Å². The summed E-state index contributed by atoms with van der Waals surface area (Å²) in [6.45, 7) is 6.73. The lowest BCUT2D eigenvalue weighted by atomic mass is 10.2. The summed E-state index contributed by atoms with van der Waals surface area (Å²) in [6, 6.07) is 8.33. The summed E-state index contributed by atoms with van der Waals surface area (Å²) in [5.74, 6) is 1.98. The predicted octanol–water partition coefficient (Wildman–Crippen LogP) is 2.30. The van der Waals surface area contributed by atoms with Crippen molar-refractivity contribution in [3.8, 4) is 5.75 Å². The average molecular weight is 429 g/mol. The van der Waals surface area contributed by atoms with Crippen molar-refractivity contribution < 1.29 is 9.29 Å². The Bertz CT molecular complexity index is 724. The van der Waals surface area contributed by atoms with E-state index >= 15 is 0 Å². The quantitative estimate of drug-likeness (QED) is 0.464. The van der Waals surface area contributed by atoms with Gasteiger partial charge in [-0.2, -0.15) is 0 Å². The van der Waals surface area contributed by atoms with Crippen molar-refractivity contribution in [2.24, 2.45) is 0 Å². The Balaban J connectivity index is 0.00000280. The highest BCUT2D eigenvalue weighted by Crippen LogP contribution is 2.21. The van der Waals surface area contributed by atoms with Crippen molar-refractivity contribution in [3.63, 3.8) is 0 Å². The van der Waals surface area contributed by atoms with Gasteiger partial charge < -0.3 is 24.8 Å². The van der Waals surface area contributed by atoms with Crippen molar-refractivity contribution in [2.45, 2.75) is 13.0 Å². The second-order valence-electron chi connectivity index (χ2n) is 6.72. The van der Waals surface area contributed by atoms with Crippen LogP contribution in [0.2, 0.25) is 0 Å². The number of hydrogen-bond donors (Lipinski definition) is 2. The molecule has 1 saturated heterocycles. The van der Waals surface area contributed by atoms with Gasteiger partial charge in [0.1, 0.15) is 5.75 Å². The molecule has 2 N–H and O–H groups in total. The fourth-order valence-corrected chi connectivity index (χ4v) is 3.69. The molecular formula is C18H29ClN6O2S. The summed E-state index contributed by atoms with van der Waals surface area (Å²) in [6.07, 6.45) is 0.811. The molecule has 1 unspecified atom stereocenters. The third-order valence-electron chi connectivity index (χ3n) is 4.58. The molecule has 0 amide bonds.